The molecule has 0 bridgehead atoms. The standard InChI is InChI=1S/C23H25N5O5/c1-31-18-8-6-17(7-9-18)14-24-33-15-21(29)25-26-22-19-4-2-3-5-20(19)28(23(22)30)16-27-10-12-32-13-11-27/h2-9,14,30H,10-13,15-16H2,1H3/b24-14-,26-25?. The first-order valence-corrected chi connectivity index (χ1v) is 10.5. The van der Waals surface area contributed by atoms with Crippen LogP contribution in [0.3, 0.4) is 0 Å². The summed E-state index contributed by atoms with van der Waals surface area (Å²) in [6.07, 6.45) is 1.48. The van der Waals surface area contributed by atoms with E-state index in [1.807, 2.05) is 36.4 Å². The molecule has 0 saturated carbocycles. The Kier molecular flexibility index (Phi) is 7.28. The van der Waals surface area contributed by atoms with Gasteiger partial charge in [-0.25, -0.2) is 0 Å². The monoisotopic (exact) mass is 451 g/mol. The Labute approximate surface area is 190 Å². The van der Waals surface area contributed by atoms with Crippen molar-refractivity contribution in [2.24, 2.45) is 15.4 Å². The minimum atomic E-state index is -0.619. The van der Waals surface area contributed by atoms with Gasteiger partial charge in [-0.3, -0.25) is 14.3 Å². The SMILES string of the molecule is COc1ccc(/C=N\OCC(=O)N=Nc2c(O)n(CN3CCOCC3)c3ccccc23)cc1. The van der Waals surface area contributed by atoms with Crippen molar-refractivity contribution >= 4 is 28.7 Å². The van der Waals surface area contributed by atoms with Crippen molar-refractivity contribution in [3.63, 3.8) is 0 Å². The summed E-state index contributed by atoms with van der Waals surface area (Å²) in [5.41, 5.74) is 1.85. The van der Waals surface area contributed by atoms with E-state index in [-0.39, 0.29) is 18.2 Å². The highest BCUT2D eigenvalue weighted by Gasteiger charge is 2.19. The van der Waals surface area contributed by atoms with Gasteiger partial charge in [-0.05, 0) is 35.9 Å². The Morgan fingerprint density at radius 2 is 1.91 bits per heavy atom. The fourth-order valence-electron chi connectivity index (χ4n) is 3.47. The van der Waals surface area contributed by atoms with Crippen LogP contribution >= 0.6 is 0 Å². The summed E-state index contributed by atoms with van der Waals surface area (Å²) in [6, 6.07) is 14.7. The predicted octanol–water partition coefficient (Wildman–Crippen LogP) is 3.31. The first kappa shape index (κ1) is 22.4. The van der Waals surface area contributed by atoms with E-state index >= 15 is 0 Å². The average molecular weight is 451 g/mol. The Balaban J connectivity index is 1.41. The van der Waals surface area contributed by atoms with Gasteiger partial charge in [0.15, 0.2) is 12.3 Å². The second kappa shape index (κ2) is 10.7. The third-order valence-corrected chi connectivity index (χ3v) is 5.20. The fourth-order valence-corrected chi connectivity index (χ4v) is 3.47. The number of morpholine rings is 1. The lowest BCUT2D eigenvalue weighted by atomic mass is 10.2. The van der Waals surface area contributed by atoms with Gasteiger partial charge in [0.2, 0.25) is 5.88 Å². The molecule has 1 N–H and O–H groups in total. The lowest BCUT2D eigenvalue weighted by molar-refractivity contribution is -0.122. The zero-order valence-corrected chi connectivity index (χ0v) is 18.3. The summed E-state index contributed by atoms with van der Waals surface area (Å²) in [5.74, 6) is 0.0715. The number of methoxy groups -OCH3 is 1. The zero-order valence-electron chi connectivity index (χ0n) is 18.3. The molecule has 10 nitrogen and oxygen atoms in total. The fraction of sp³-hybridized carbons (Fsp3) is 0.304. The van der Waals surface area contributed by atoms with Crippen LogP contribution in [-0.2, 0) is 21.0 Å². The molecule has 1 amide bonds. The normalized spacial score (nSPS) is 14.9. The Morgan fingerprint density at radius 3 is 2.67 bits per heavy atom. The molecule has 33 heavy (non-hydrogen) atoms. The molecule has 4 rings (SSSR count). The van der Waals surface area contributed by atoms with Crippen LogP contribution < -0.4 is 4.74 Å². The molecule has 1 aliphatic heterocycles. The second-order valence-electron chi connectivity index (χ2n) is 7.36. The van der Waals surface area contributed by atoms with Gasteiger partial charge >= 0.3 is 5.91 Å². The van der Waals surface area contributed by atoms with E-state index in [1.165, 1.54) is 6.21 Å². The van der Waals surface area contributed by atoms with Gasteiger partial charge in [0.25, 0.3) is 0 Å². The molecule has 1 aromatic heterocycles. The first-order chi connectivity index (χ1) is 16.2. The van der Waals surface area contributed by atoms with Crippen LogP contribution in [0.1, 0.15) is 5.56 Å². The molecule has 0 aliphatic carbocycles. The summed E-state index contributed by atoms with van der Waals surface area (Å²) in [5, 5.41) is 23.0. The van der Waals surface area contributed by atoms with Crippen LogP contribution in [0, 0.1) is 0 Å². The molecular formula is C23H25N5O5. The predicted molar refractivity (Wildman–Crippen MR) is 122 cm³/mol. The number of aromatic hydroxyl groups is 1. The summed E-state index contributed by atoms with van der Waals surface area (Å²) < 4.78 is 12.2. The van der Waals surface area contributed by atoms with E-state index in [0.29, 0.717) is 25.3 Å². The van der Waals surface area contributed by atoms with E-state index in [4.69, 9.17) is 14.3 Å². The molecule has 1 saturated heterocycles. The van der Waals surface area contributed by atoms with Gasteiger partial charge in [0.1, 0.15) is 5.75 Å². The molecule has 3 aromatic rings. The number of azo groups is 1. The van der Waals surface area contributed by atoms with Gasteiger partial charge < -0.3 is 19.4 Å². The molecule has 0 radical (unpaired) electrons. The van der Waals surface area contributed by atoms with Gasteiger partial charge in [0, 0.05) is 18.5 Å². The summed E-state index contributed by atoms with van der Waals surface area (Å²) in [4.78, 5) is 19.3. The maximum absolute atomic E-state index is 12.1. The molecule has 1 aliphatic rings. The Morgan fingerprint density at radius 1 is 1.15 bits per heavy atom. The number of hydrogen-bond donors (Lipinski definition) is 1. The third kappa shape index (κ3) is 5.54. The van der Waals surface area contributed by atoms with E-state index in [9.17, 15) is 9.90 Å². The Hall–Kier alpha value is -3.76. The van der Waals surface area contributed by atoms with Crippen molar-refractivity contribution in [2.45, 2.75) is 6.67 Å². The van der Waals surface area contributed by atoms with E-state index in [2.05, 4.69) is 20.3 Å². The van der Waals surface area contributed by atoms with Crippen molar-refractivity contribution in [2.75, 3.05) is 40.0 Å². The maximum atomic E-state index is 12.1. The van der Waals surface area contributed by atoms with Crippen molar-refractivity contribution in [3.8, 4) is 11.6 Å². The quantitative estimate of drug-likeness (QED) is 0.320. The lowest BCUT2D eigenvalue weighted by Gasteiger charge is -2.27. The third-order valence-electron chi connectivity index (χ3n) is 5.20. The van der Waals surface area contributed by atoms with Gasteiger partial charge in [-0.2, -0.15) is 0 Å². The number of rotatable bonds is 8. The van der Waals surface area contributed by atoms with Gasteiger partial charge in [0.05, 0.1) is 38.7 Å². The molecule has 1 fully saturated rings. The van der Waals surface area contributed by atoms with Crippen LogP contribution in [0.5, 0.6) is 11.6 Å². The van der Waals surface area contributed by atoms with Crippen molar-refractivity contribution in [1.82, 2.24) is 9.47 Å². The number of oxime groups is 1. The molecule has 0 atom stereocenters. The maximum Gasteiger partial charge on any atom is 0.304 e. The molecule has 2 heterocycles. The van der Waals surface area contributed by atoms with E-state index < -0.39 is 5.91 Å². The summed E-state index contributed by atoms with van der Waals surface area (Å²) in [6.45, 7) is 2.97. The number of hydrogen-bond acceptors (Lipinski definition) is 8. The van der Waals surface area contributed by atoms with Crippen LogP contribution in [0.25, 0.3) is 10.9 Å². The average Bonchev–Trinajstić information content (AvgIpc) is 3.12. The number of amides is 1. The Bertz CT molecular complexity index is 1150. The summed E-state index contributed by atoms with van der Waals surface area (Å²) >= 11 is 0. The number of carbonyl (C=O) groups is 1. The number of aromatic nitrogens is 1. The minimum Gasteiger partial charge on any atom is -0.497 e. The molecule has 0 spiro atoms. The smallest absolute Gasteiger partial charge is 0.304 e. The summed E-state index contributed by atoms with van der Waals surface area (Å²) in [7, 11) is 1.59. The van der Waals surface area contributed by atoms with Crippen molar-refractivity contribution in [3.05, 3.63) is 54.1 Å². The van der Waals surface area contributed by atoms with E-state index in [1.54, 1.807) is 23.8 Å². The zero-order chi connectivity index (χ0) is 23.0. The van der Waals surface area contributed by atoms with Gasteiger partial charge in [-0.1, -0.05) is 23.4 Å². The molecular weight excluding hydrogens is 426 g/mol. The highest BCUT2D eigenvalue weighted by atomic mass is 16.6. The molecule has 10 heteroatoms. The van der Waals surface area contributed by atoms with Crippen LogP contribution in [0.4, 0.5) is 5.69 Å². The molecule has 172 valence electrons. The van der Waals surface area contributed by atoms with Gasteiger partial charge in [-0.15, -0.1) is 10.2 Å². The molecule has 0 unspecified atom stereocenters. The van der Waals surface area contributed by atoms with Crippen LogP contribution in [0.15, 0.2) is 63.9 Å². The van der Waals surface area contributed by atoms with E-state index in [0.717, 1.165) is 29.9 Å². The topological polar surface area (TPSA) is 110 Å². The highest BCUT2D eigenvalue weighted by Crippen LogP contribution is 2.39. The number of benzene rings is 2. The number of ether oxygens (including phenoxy) is 2. The van der Waals surface area contributed by atoms with Crippen LogP contribution in [0.2, 0.25) is 0 Å². The number of para-hydroxylation sites is 1. The highest BCUT2D eigenvalue weighted by molar-refractivity contribution is 5.95. The number of nitrogens with zero attached hydrogens (tertiary/aromatic N) is 5. The van der Waals surface area contributed by atoms with Crippen molar-refractivity contribution < 1.29 is 24.2 Å². The number of fused-ring (bicyclic) bond motifs is 1. The second-order valence-corrected chi connectivity index (χ2v) is 7.36. The lowest BCUT2D eigenvalue weighted by Crippen LogP contribution is -2.37. The van der Waals surface area contributed by atoms with Crippen LogP contribution in [-0.4, -0.2) is 66.7 Å². The number of carbonyl (C=O) groups excluding carboxylic acids is 1. The molecule has 2 aromatic carbocycles. The largest absolute Gasteiger partial charge is 0.497 e. The first-order valence-electron chi connectivity index (χ1n) is 10.5. The minimum absolute atomic E-state index is 0.0438. The van der Waals surface area contributed by atoms with Crippen molar-refractivity contribution in [1.29, 1.82) is 0 Å².